The van der Waals surface area contributed by atoms with Gasteiger partial charge in [-0.2, -0.15) is 5.26 Å². The highest BCUT2D eigenvalue weighted by Crippen LogP contribution is 2.36. The van der Waals surface area contributed by atoms with Crippen LogP contribution in [0.15, 0.2) is 42.6 Å². The average molecular weight is 250 g/mol. The van der Waals surface area contributed by atoms with E-state index in [4.69, 9.17) is 5.26 Å². The van der Waals surface area contributed by atoms with Crippen LogP contribution in [0.4, 0.5) is 17.1 Å². The topological polar surface area (TPSA) is 43.2 Å². The Kier molecular flexibility index (Phi) is 2.81. The van der Waals surface area contributed by atoms with Crippen LogP contribution in [0, 0.1) is 11.3 Å². The van der Waals surface area contributed by atoms with Crippen LogP contribution >= 0.6 is 0 Å². The van der Waals surface area contributed by atoms with E-state index in [-0.39, 0.29) is 0 Å². The first-order chi connectivity index (χ1) is 9.29. The number of benzene rings is 1. The van der Waals surface area contributed by atoms with Gasteiger partial charge in [-0.15, -0.1) is 0 Å². The van der Waals surface area contributed by atoms with Crippen LogP contribution < -0.4 is 9.80 Å². The molecule has 4 nitrogen and oxygen atoms in total. The second kappa shape index (κ2) is 4.62. The highest BCUT2D eigenvalue weighted by atomic mass is 15.3. The highest BCUT2D eigenvalue weighted by molar-refractivity contribution is 5.78. The van der Waals surface area contributed by atoms with Crippen molar-refractivity contribution in [3.8, 4) is 6.07 Å². The van der Waals surface area contributed by atoms with E-state index in [9.17, 15) is 0 Å². The summed E-state index contributed by atoms with van der Waals surface area (Å²) < 4.78 is 0. The zero-order chi connectivity index (χ0) is 13.2. The van der Waals surface area contributed by atoms with Gasteiger partial charge < -0.3 is 9.80 Å². The molecule has 1 aromatic carbocycles. The maximum Gasteiger partial charge on any atom is 0.140 e. The maximum atomic E-state index is 8.80. The van der Waals surface area contributed by atoms with Crippen LogP contribution in [0.5, 0.6) is 0 Å². The van der Waals surface area contributed by atoms with Crippen molar-refractivity contribution in [2.24, 2.45) is 0 Å². The third-order valence-electron chi connectivity index (χ3n) is 3.42. The normalized spacial score (nSPS) is 13.9. The Balaban J connectivity index is 2.02. The molecule has 0 amide bonds. The van der Waals surface area contributed by atoms with Gasteiger partial charge in [0.1, 0.15) is 11.8 Å². The molecule has 0 radical (unpaired) electrons. The summed E-state index contributed by atoms with van der Waals surface area (Å²) in [7, 11) is 2.10. The Bertz CT molecular complexity index is 627. The zero-order valence-corrected chi connectivity index (χ0v) is 10.7. The lowest BCUT2D eigenvalue weighted by Gasteiger charge is -2.36. The quantitative estimate of drug-likeness (QED) is 0.780. The Morgan fingerprint density at radius 3 is 2.58 bits per heavy atom. The summed E-state index contributed by atoms with van der Waals surface area (Å²) >= 11 is 0. The number of fused-ring (bicyclic) bond motifs is 1. The predicted octanol–water partition coefficient (Wildman–Crippen LogP) is 2.54. The first-order valence-corrected chi connectivity index (χ1v) is 6.23. The van der Waals surface area contributed by atoms with E-state index in [1.807, 2.05) is 18.2 Å². The highest BCUT2D eigenvalue weighted by Gasteiger charge is 2.20. The van der Waals surface area contributed by atoms with Crippen molar-refractivity contribution in [3.63, 3.8) is 0 Å². The molecule has 2 aromatic rings. The molecular formula is C15H14N4. The lowest BCUT2D eigenvalue weighted by Crippen LogP contribution is -2.36. The molecule has 3 rings (SSSR count). The number of aromatic nitrogens is 1. The van der Waals surface area contributed by atoms with Gasteiger partial charge in [-0.25, -0.2) is 4.98 Å². The van der Waals surface area contributed by atoms with Crippen molar-refractivity contribution in [1.82, 2.24) is 4.98 Å². The number of nitriles is 1. The molecule has 0 saturated carbocycles. The van der Waals surface area contributed by atoms with E-state index in [1.165, 1.54) is 11.4 Å². The predicted molar refractivity (Wildman–Crippen MR) is 75.7 cm³/mol. The molecule has 0 N–H and O–H groups in total. The molecule has 4 heteroatoms. The van der Waals surface area contributed by atoms with Gasteiger partial charge in [0, 0.05) is 20.1 Å². The van der Waals surface area contributed by atoms with Gasteiger partial charge in [0.25, 0.3) is 0 Å². The fourth-order valence-electron chi connectivity index (χ4n) is 2.39. The summed E-state index contributed by atoms with van der Waals surface area (Å²) in [5, 5.41) is 8.80. The minimum Gasteiger partial charge on any atom is -0.371 e. The van der Waals surface area contributed by atoms with Gasteiger partial charge in [-0.05, 0) is 24.3 Å². The molecule has 1 aliphatic rings. The number of nitrogens with zero attached hydrogens (tertiary/aromatic N) is 4. The fraction of sp³-hybridized carbons (Fsp3) is 0.200. The van der Waals surface area contributed by atoms with E-state index in [0.717, 1.165) is 18.8 Å². The standard InChI is InChI=1S/C15H14N4/c1-18-8-9-19(15-5-3-2-4-14(15)18)13-7-6-12(10-16)17-11-13/h2-7,11H,8-9H2,1H3. The summed E-state index contributed by atoms with van der Waals surface area (Å²) in [6.07, 6.45) is 1.76. The summed E-state index contributed by atoms with van der Waals surface area (Å²) in [6, 6.07) is 14.1. The van der Waals surface area contributed by atoms with Crippen LogP contribution in [-0.2, 0) is 0 Å². The van der Waals surface area contributed by atoms with Gasteiger partial charge in [-0.3, -0.25) is 0 Å². The number of rotatable bonds is 1. The molecule has 0 bridgehead atoms. The van der Waals surface area contributed by atoms with E-state index < -0.39 is 0 Å². The van der Waals surface area contributed by atoms with Crippen LogP contribution in [0.1, 0.15) is 5.69 Å². The largest absolute Gasteiger partial charge is 0.371 e. The molecule has 0 saturated heterocycles. The third-order valence-corrected chi connectivity index (χ3v) is 3.42. The lowest BCUT2D eigenvalue weighted by molar-refractivity contribution is 0.820. The van der Waals surface area contributed by atoms with Crippen LogP contribution in [0.25, 0.3) is 0 Å². The van der Waals surface area contributed by atoms with Crippen LogP contribution in [0.2, 0.25) is 0 Å². The number of anilines is 3. The molecular weight excluding hydrogens is 236 g/mol. The molecule has 0 unspecified atom stereocenters. The van der Waals surface area contributed by atoms with Crippen molar-refractivity contribution in [1.29, 1.82) is 5.26 Å². The fourth-order valence-corrected chi connectivity index (χ4v) is 2.39. The second-order valence-corrected chi connectivity index (χ2v) is 4.58. The molecule has 0 spiro atoms. The van der Waals surface area contributed by atoms with E-state index in [1.54, 1.807) is 12.3 Å². The molecule has 2 heterocycles. The minimum atomic E-state index is 0.450. The second-order valence-electron chi connectivity index (χ2n) is 4.58. The molecule has 0 atom stereocenters. The van der Waals surface area contributed by atoms with Gasteiger partial charge >= 0.3 is 0 Å². The van der Waals surface area contributed by atoms with E-state index in [0.29, 0.717) is 5.69 Å². The monoisotopic (exact) mass is 250 g/mol. The van der Waals surface area contributed by atoms with E-state index >= 15 is 0 Å². The van der Waals surface area contributed by atoms with Gasteiger partial charge in [-0.1, -0.05) is 12.1 Å². The number of likely N-dealkylation sites (N-methyl/N-ethyl adjacent to an activating group) is 1. The first-order valence-electron chi connectivity index (χ1n) is 6.23. The summed E-state index contributed by atoms with van der Waals surface area (Å²) in [5.41, 5.74) is 3.88. The number of para-hydroxylation sites is 2. The smallest absolute Gasteiger partial charge is 0.140 e. The van der Waals surface area contributed by atoms with Crippen molar-refractivity contribution in [3.05, 3.63) is 48.3 Å². The van der Waals surface area contributed by atoms with Gasteiger partial charge in [0.15, 0.2) is 0 Å². The first kappa shape index (κ1) is 11.5. The third kappa shape index (κ3) is 2.00. The van der Waals surface area contributed by atoms with Crippen molar-refractivity contribution >= 4 is 17.1 Å². The molecule has 19 heavy (non-hydrogen) atoms. The van der Waals surface area contributed by atoms with Crippen molar-refractivity contribution in [2.75, 3.05) is 29.9 Å². The molecule has 94 valence electrons. The van der Waals surface area contributed by atoms with Crippen LogP contribution in [-0.4, -0.2) is 25.1 Å². The number of pyridine rings is 1. The van der Waals surface area contributed by atoms with Gasteiger partial charge in [0.2, 0.25) is 0 Å². The summed E-state index contributed by atoms with van der Waals surface area (Å²) in [4.78, 5) is 8.64. The van der Waals surface area contributed by atoms with E-state index in [2.05, 4.69) is 40.0 Å². The number of hydrogen-bond donors (Lipinski definition) is 0. The van der Waals surface area contributed by atoms with Crippen molar-refractivity contribution < 1.29 is 0 Å². The summed E-state index contributed by atoms with van der Waals surface area (Å²) in [6.45, 7) is 1.89. The molecule has 1 aromatic heterocycles. The van der Waals surface area contributed by atoms with Crippen molar-refractivity contribution in [2.45, 2.75) is 0 Å². The Morgan fingerprint density at radius 1 is 1.11 bits per heavy atom. The minimum absolute atomic E-state index is 0.450. The SMILES string of the molecule is CN1CCN(c2ccc(C#N)nc2)c2ccccc21. The lowest BCUT2D eigenvalue weighted by atomic mass is 10.1. The number of hydrogen-bond acceptors (Lipinski definition) is 4. The average Bonchev–Trinajstić information content (AvgIpc) is 2.48. The summed E-state index contributed by atoms with van der Waals surface area (Å²) in [5.74, 6) is 0. The Hall–Kier alpha value is -2.54. The molecule has 1 aliphatic heterocycles. The Labute approximate surface area is 112 Å². The molecule has 0 fully saturated rings. The molecule has 0 aliphatic carbocycles. The van der Waals surface area contributed by atoms with Gasteiger partial charge in [0.05, 0.1) is 23.3 Å². The Morgan fingerprint density at radius 2 is 1.89 bits per heavy atom. The maximum absolute atomic E-state index is 8.80. The van der Waals surface area contributed by atoms with Crippen LogP contribution in [0.3, 0.4) is 0 Å². The zero-order valence-electron chi connectivity index (χ0n) is 10.7.